The number of nitriles is 1. The molecule has 0 aliphatic heterocycles. The number of amides is 1. The Kier molecular flexibility index (Phi) is 5.04. The molecule has 6 heteroatoms. The molecule has 1 amide bonds. The van der Waals surface area contributed by atoms with Gasteiger partial charge in [0.15, 0.2) is 0 Å². The summed E-state index contributed by atoms with van der Waals surface area (Å²) in [6, 6.07) is 15.6. The van der Waals surface area contributed by atoms with Gasteiger partial charge in [-0.05, 0) is 42.7 Å². The fraction of sp³-hybridized carbons (Fsp3) is 0.238. The average Bonchev–Trinajstić information content (AvgIpc) is 2.66. The second kappa shape index (κ2) is 7.42. The third-order valence-corrected chi connectivity index (χ3v) is 4.71. The molecule has 136 valence electrons. The van der Waals surface area contributed by atoms with Gasteiger partial charge in [-0.25, -0.2) is 4.68 Å². The molecule has 3 aromatic rings. The van der Waals surface area contributed by atoms with Crippen molar-refractivity contribution < 1.29 is 4.79 Å². The molecule has 0 unspecified atom stereocenters. The maximum absolute atomic E-state index is 12.5. The van der Waals surface area contributed by atoms with Gasteiger partial charge in [0.2, 0.25) is 5.91 Å². The molecular formula is C21H20N4O2. The van der Waals surface area contributed by atoms with Crippen molar-refractivity contribution in [3.63, 3.8) is 0 Å². The average molecular weight is 360 g/mol. The van der Waals surface area contributed by atoms with Crippen LogP contribution in [0.3, 0.4) is 0 Å². The zero-order chi connectivity index (χ0) is 19.6. The predicted molar refractivity (Wildman–Crippen MR) is 103 cm³/mol. The lowest BCUT2D eigenvalue weighted by molar-refractivity contribution is -0.122. The van der Waals surface area contributed by atoms with Crippen molar-refractivity contribution in [2.75, 3.05) is 0 Å². The van der Waals surface area contributed by atoms with Crippen LogP contribution in [-0.2, 0) is 11.3 Å². The quantitative estimate of drug-likeness (QED) is 0.775. The molecule has 0 saturated heterocycles. The van der Waals surface area contributed by atoms with E-state index < -0.39 is 5.56 Å². The van der Waals surface area contributed by atoms with E-state index in [2.05, 4.69) is 10.4 Å². The van der Waals surface area contributed by atoms with Gasteiger partial charge in [0.05, 0.1) is 11.7 Å². The number of fused-ring (bicyclic) bond motifs is 1. The van der Waals surface area contributed by atoms with Gasteiger partial charge in [-0.15, -0.1) is 0 Å². The summed E-state index contributed by atoms with van der Waals surface area (Å²) in [5, 5.41) is 18.4. The number of aryl methyl sites for hydroxylation is 1. The first kappa shape index (κ1) is 18.3. The second-order valence-corrected chi connectivity index (χ2v) is 6.52. The van der Waals surface area contributed by atoms with E-state index in [-0.39, 0.29) is 24.1 Å². The first-order valence-corrected chi connectivity index (χ1v) is 8.67. The van der Waals surface area contributed by atoms with E-state index in [9.17, 15) is 14.9 Å². The van der Waals surface area contributed by atoms with Crippen LogP contribution in [0.2, 0.25) is 0 Å². The van der Waals surface area contributed by atoms with Crippen molar-refractivity contribution in [1.29, 1.82) is 5.26 Å². The topological polar surface area (TPSA) is 87.8 Å². The maximum atomic E-state index is 12.5. The number of nitrogens with zero attached hydrogens (tertiary/aromatic N) is 3. The third-order valence-electron chi connectivity index (χ3n) is 4.71. The molecule has 0 bridgehead atoms. The largest absolute Gasteiger partial charge is 0.348 e. The number of hydrogen-bond donors (Lipinski definition) is 1. The molecular weight excluding hydrogens is 340 g/mol. The first-order chi connectivity index (χ1) is 12.9. The molecule has 0 fully saturated rings. The minimum absolute atomic E-state index is 0.0254. The van der Waals surface area contributed by atoms with Crippen LogP contribution in [0.5, 0.6) is 0 Å². The number of rotatable bonds is 4. The van der Waals surface area contributed by atoms with Crippen LogP contribution in [0.4, 0.5) is 0 Å². The van der Waals surface area contributed by atoms with Gasteiger partial charge in [-0.3, -0.25) is 9.59 Å². The number of carbonyl (C=O) groups excluding carboxylic acids is 1. The molecule has 0 radical (unpaired) electrons. The monoisotopic (exact) mass is 360 g/mol. The Morgan fingerprint density at radius 3 is 2.67 bits per heavy atom. The molecule has 0 spiro atoms. The fourth-order valence-corrected chi connectivity index (χ4v) is 3.14. The van der Waals surface area contributed by atoms with Crippen LogP contribution in [0.15, 0.2) is 47.3 Å². The maximum Gasteiger partial charge on any atom is 0.285 e. The van der Waals surface area contributed by atoms with Crippen LogP contribution in [0.25, 0.3) is 10.8 Å². The highest BCUT2D eigenvalue weighted by Crippen LogP contribution is 2.23. The molecule has 1 aromatic heterocycles. The summed E-state index contributed by atoms with van der Waals surface area (Å²) in [5.74, 6) is -0.336. The Labute approximate surface area is 157 Å². The molecule has 6 nitrogen and oxygen atoms in total. The van der Waals surface area contributed by atoms with Gasteiger partial charge in [-0.1, -0.05) is 42.5 Å². The van der Waals surface area contributed by atoms with E-state index in [0.717, 1.165) is 21.0 Å². The normalized spacial score (nSPS) is 11.8. The molecule has 0 aliphatic rings. The molecule has 0 saturated carbocycles. The molecule has 1 heterocycles. The lowest BCUT2D eigenvalue weighted by Gasteiger charge is -2.17. The van der Waals surface area contributed by atoms with E-state index in [4.69, 9.17) is 0 Å². The SMILES string of the molecule is Cc1nn(CC(=O)N[C@@H](C)c2cccc3ccccc23)c(=O)c(C#N)c1C. The molecule has 27 heavy (non-hydrogen) atoms. The van der Waals surface area contributed by atoms with Crippen molar-refractivity contribution in [1.82, 2.24) is 15.1 Å². The van der Waals surface area contributed by atoms with Gasteiger partial charge in [-0.2, -0.15) is 10.4 Å². The number of nitrogens with one attached hydrogen (secondary N) is 1. The summed E-state index contributed by atoms with van der Waals surface area (Å²) in [5.41, 5.74) is 1.58. The van der Waals surface area contributed by atoms with Gasteiger partial charge in [0.25, 0.3) is 5.56 Å². The summed E-state index contributed by atoms with van der Waals surface area (Å²) >= 11 is 0. The Hall–Kier alpha value is -3.46. The van der Waals surface area contributed by atoms with Gasteiger partial charge in [0.1, 0.15) is 18.2 Å². The smallest absolute Gasteiger partial charge is 0.285 e. The van der Waals surface area contributed by atoms with E-state index >= 15 is 0 Å². The van der Waals surface area contributed by atoms with Gasteiger partial charge >= 0.3 is 0 Å². The predicted octanol–water partition coefficient (Wildman–Crippen LogP) is 2.76. The highest BCUT2D eigenvalue weighted by atomic mass is 16.2. The minimum Gasteiger partial charge on any atom is -0.348 e. The van der Waals surface area contributed by atoms with Crippen molar-refractivity contribution in [3.05, 3.63) is 75.2 Å². The Morgan fingerprint density at radius 1 is 1.22 bits per heavy atom. The van der Waals surface area contributed by atoms with Crippen molar-refractivity contribution in [2.45, 2.75) is 33.4 Å². The Morgan fingerprint density at radius 2 is 1.93 bits per heavy atom. The van der Waals surface area contributed by atoms with Crippen molar-refractivity contribution in [3.8, 4) is 6.07 Å². The van der Waals surface area contributed by atoms with Crippen LogP contribution >= 0.6 is 0 Å². The lowest BCUT2D eigenvalue weighted by Crippen LogP contribution is -2.36. The molecule has 1 atom stereocenters. The molecule has 2 aromatic carbocycles. The lowest BCUT2D eigenvalue weighted by atomic mass is 10.00. The van der Waals surface area contributed by atoms with Crippen LogP contribution < -0.4 is 10.9 Å². The Bertz CT molecular complexity index is 1120. The second-order valence-electron chi connectivity index (χ2n) is 6.52. The molecule has 3 rings (SSSR count). The highest BCUT2D eigenvalue weighted by Gasteiger charge is 2.16. The fourth-order valence-electron chi connectivity index (χ4n) is 3.14. The third kappa shape index (κ3) is 3.58. The number of aromatic nitrogens is 2. The zero-order valence-corrected chi connectivity index (χ0v) is 15.5. The Balaban J connectivity index is 1.83. The number of carbonyl (C=O) groups is 1. The zero-order valence-electron chi connectivity index (χ0n) is 15.5. The van der Waals surface area contributed by atoms with Crippen LogP contribution in [0, 0.1) is 25.2 Å². The van der Waals surface area contributed by atoms with E-state index in [0.29, 0.717) is 11.3 Å². The van der Waals surface area contributed by atoms with Crippen molar-refractivity contribution in [2.24, 2.45) is 0 Å². The molecule has 1 N–H and O–H groups in total. The van der Waals surface area contributed by atoms with Gasteiger partial charge < -0.3 is 5.32 Å². The first-order valence-electron chi connectivity index (χ1n) is 8.67. The van der Waals surface area contributed by atoms with E-state index in [1.807, 2.05) is 55.5 Å². The minimum atomic E-state index is -0.548. The van der Waals surface area contributed by atoms with E-state index in [1.165, 1.54) is 0 Å². The summed E-state index contributed by atoms with van der Waals surface area (Å²) in [6.45, 7) is 5.05. The summed E-state index contributed by atoms with van der Waals surface area (Å²) in [4.78, 5) is 24.8. The number of hydrogen-bond acceptors (Lipinski definition) is 4. The summed E-state index contributed by atoms with van der Waals surface area (Å²) in [7, 11) is 0. The molecule has 0 aliphatic carbocycles. The summed E-state index contributed by atoms with van der Waals surface area (Å²) < 4.78 is 1.05. The summed E-state index contributed by atoms with van der Waals surface area (Å²) in [6.07, 6.45) is 0. The van der Waals surface area contributed by atoms with E-state index in [1.54, 1.807) is 13.8 Å². The van der Waals surface area contributed by atoms with Crippen LogP contribution in [-0.4, -0.2) is 15.7 Å². The van der Waals surface area contributed by atoms with Gasteiger partial charge in [0, 0.05) is 0 Å². The van der Waals surface area contributed by atoms with Crippen molar-refractivity contribution >= 4 is 16.7 Å². The standard InChI is InChI=1S/C21H20N4O2/c1-13-14(2)24-25(21(27)19(13)11-22)12-20(26)23-15(3)17-10-6-8-16-7-4-5-9-18(16)17/h4-10,15H,12H2,1-3H3,(H,23,26)/t15-/m0/s1. The van der Waals surface area contributed by atoms with Crippen LogP contribution in [0.1, 0.15) is 35.3 Å². The number of benzene rings is 2. The highest BCUT2D eigenvalue weighted by molar-refractivity contribution is 5.86.